The lowest BCUT2D eigenvalue weighted by atomic mass is 10.0. The molecule has 0 fully saturated rings. The minimum atomic E-state index is -0.144. The van der Waals surface area contributed by atoms with E-state index in [1.165, 1.54) is 58.3 Å². The molecule has 0 amide bonds. The molecule has 0 unspecified atom stereocenters. The fourth-order valence-electron chi connectivity index (χ4n) is 3.40. The monoisotopic (exact) mass is 398 g/mol. The fourth-order valence-corrected chi connectivity index (χ4v) is 3.40. The molecule has 166 valence electrons. The summed E-state index contributed by atoms with van der Waals surface area (Å²) in [6.07, 6.45) is 19.0. The number of carbonyl (C=O) groups excluding carboxylic acids is 2. The zero-order valence-corrected chi connectivity index (χ0v) is 18.9. The third kappa shape index (κ3) is 19.7. The SMILES string of the molecule is CCCCCC[C@H](CCCCCCCCCCC(=O)OCCCC)OC(C)=O. The van der Waals surface area contributed by atoms with Gasteiger partial charge >= 0.3 is 11.9 Å². The van der Waals surface area contributed by atoms with Crippen molar-refractivity contribution < 1.29 is 19.1 Å². The van der Waals surface area contributed by atoms with Crippen LogP contribution in [0.1, 0.15) is 130 Å². The highest BCUT2D eigenvalue weighted by molar-refractivity contribution is 5.69. The molecule has 28 heavy (non-hydrogen) atoms. The summed E-state index contributed by atoms with van der Waals surface area (Å²) < 4.78 is 10.6. The number of hydrogen-bond donors (Lipinski definition) is 0. The van der Waals surface area contributed by atoms with Crippen molar-refractivity contribution in [3.8, 4) is 0 Å². The second kappa shape index (κ2) is 20.7. The van der Waals surface area contributed by atoms with Gasteiger partial charge in [-0.3, -0.25) is 9.59 Å². The molecular formula is C24H46O4. The highest BCUT2D eigenvalue weighted by atomic mass is 16.5. The van der Waals surface area contributed by atoms with E-state index in [2.05, 4.69) is 13.8 Å². The van der Waals surface area contributed by atoms with Crippen LogP contribution in [0, 0.1) is 0 Å². The van der Waals surface area contributed by atoms with Gasteiger partial charge in [0, 0.05) is 13.3 Å². The Morgan fingerprint density at radius 1 is 0.679 bits per heavy atom. The summed E-state index contributed by atoms with van der Waals surface area (Å²) in [5.74, 6) is -0.180. The van der Waals surface area contributed by atoms with Crippen molar-refractivity contribution in [2.75, 3.05) is 6.61 Å². The van der Waals surface area contributed by atoms with Crippen molar-refractivity contribution in [3.05, 3.63) is 0 Å². The van der Waals surface area contributed by atoms with Crippen LogP contribution in [0.2, 0.25) is 0 Å². The summed E-state index contributed by atoms with van der Waals surface area (Å²) in [5, 5.41) is 0. The second-order valence-corrected chi connectivity index (χ2v) is 8.02. The normalized spacial score (nSPS) is 12.0. The van der Waals surface area contributed by atoms with Crippen molar-refractivity contribution >= 4 is 11.9 Å². The molecule has 0 heterocycles. The molecule has 0 aromatic heterocycles. The molecule has 0 aliphatic rings. The van der Waals surface area contributed by atoms with Gasteiger partial charge in [-0.2, -0.15) is 0 Å². The maximum Gasteiger partial charge on any atom is 0.305 e. The summed E-state index contributed by atoms with van der Waals surface area (Å²) in [6.45, 7) is 6.41. The van der Waals surface area contributed by atoms with Crippen LogP contribution in [0.25, 0.3) is 0 Å². The maximum absolute atomic E-state index is 11.5. The van der Waals surface area contributed by atoms with Crippen LogP contribution in [-0.2, 0) is 19.1 Å². The van der Waals surface area contributed by atoms with Crippen LogP contribution in [-0.4, -0.2) is 24.6 Å². The van der Waals surface area contributed by atoms with E-state index in [4.69, 9.17) is 9.47 Å². The Morgan fingerprint density at radius 3 is 1.71 bits per heavy atom. The molecule has 0 bridgehead atoms. The summed E-state index contributed by atoms with van der Waals surface area (Å²) in [6, 6.07) is 0. The van der Waals surface area contributed by atoms with E-state index in [0.29, 0.717) is 13.0 Å². The summed E-state index contributed by atoms with van der Waals surface area (Å²) in [4.78, 5) is 22.8. The summed E-state index contributed by atoms with van der Waals surface area (Å²) >= 11 is 0. The van der Waals surface area contributed by atoms with Crippen LogP contribution in [0.4, 0.5) is 0 Å². The quantitative estimate of drug-likeness (QED) is 0.162. The van der Waals surface area contributed by atoms with Crippen LogP contribution in [0.5, 0.6) is 0 Å². The van der Waals surface area contributed by atoms with E-state index in [-0.39, 0.29) is 18.0 Å². The highest BCUT2D eigenvalue weighted by Gasteiger charge is 2.11. The number of rotatable bonds is 20. The minimum Gasteiger partial charge on any atom is -0.466 e. The molecule has 0 rings (SSSR count). The molecule has 0 aromatic carbocycles. The summed E-state index contributed by atoms with van der Waals surface area (Å²) in [7, 11) is 0. The van der Waals surface area contributed by atoms with Gasteiger partial charge in [-0.25, -0.2) is 0 Å². The first-order chi connectivity index (χ1) is 13.6. The molecule has 0 radical (unpaired) electrons. The first-order valence-corrected chi connectivity index (χ1v) is 11.9. The van der Waals surface area contributed by atoms with Crippen LogP contribution >= 0.6 is 0 Å². The number of esters is 2. The van der Waals surface area contributed by atoms with Crippen molar-refractivity contribution in [2.45, 2.75) is 136 Å². The molecule has 0 saturated carbocycles. The third-order valence-corrected chi connectivity index (χ3v) is 5.13. The molecule has 1 atom stereocenters. The van der Waals surface area contributed by atoms with Crippen LogP contribution in [0.3, 0.4) is 0 Å². The van der Waals surface area contributed by atoms with E-state index in [9.17, 15) is 9.59 Å². The van der Waals surface area contributed by atoms with E-state index < -0.39 is 0 Å². The largest absolute Gasteiger partial charge is 0.466 e. The van der Waals surface area contributed by atoms with Gasteiger partial charge < -0.3 is 9.47 Å². The smallest absolute Gasteiger partial charge is 0.305 e. The van der Waals surface area contributed by atoms with Gasteiger partial charge in [-0.05, 0) is 38.5 Å². The standard InChI is InChI=1S/C24H46O4/c1-4-6-8-15-18-23(28-22(3)25)19-16-13-11-9-10-12-14-17-20-24(26)27-21-7-5-2/h23H,4-21H2,1-3H3/t23-/m1/s1. The minimum absolute atomic E-state index is 0.0366. The Hall–Kier alpha value is -1.06. The fraction of sp³-hybridized carbons (Fsp3) is 0.917. The van der Waals surface area contributed by atoms with Gasteiger partial charge in [0.2, 0.25) is 0 Å². The molecule has 0 saturated heterocycles. The number of unbranched alkanes of at least 4 members (excludes halogenated alkanes) is 11. The molecule has 4 heteroatoms. The molecule has 0 aliphatic heterocycles. The number of carbonyl (C=O) groups is 2. The number of ether oxygens (including phenoxy) is 2. The van der Waals surface area contributed by atoms with Gasteiger partial charge in [0.1, 0.15) is 6.10 Å². The number of hydrogen-bond acceptors (Lipinski definition) is 4. The Labute approximate surface area is 174 Å². The maximum atomic E-state index is 11.5. The predicted octanol–water partition coefficient (Wildman–Crippen LogP) is 7.13. The lowest BCUT2D eigenvalue weighted by Crippen LogP contribution is -2.16. The van der Waals surface area contributed by atoms with E-state index in [1.807, 2.05) is 0 Å². The predicted molar refractivity (Wildman–Crippen MR) is 116 cm³/mol. The Morgan fingerprint density at radius 2 is 1.18 bits per heavy atom. The van der Waals surface area contributed by atoms with Crippen LogP contribution in [0.15, 0.2) is 0 Å². The highest BCUT2D eigenvalue weighted by Crippen LogP contribution is 2.17. The van der Waals surface area contributed by atoms with E-state index in [0.717, 1.165) is 51.4 Å². The lowest BCUT2D eigenvalue weighted by Gasteiger charge is -2.17. The molecule has 4 nitrogen and oxygen atoms in total. The topological polar surface area (TPSA) is 52.6 Å². The van der Waals surface area contributed by atoms with E-state index in [1.54, 1.807) is 0 Å². The first kappa shape index (κ1) is 26.9. The third-order valence-electron chi connectivity index (χ3n) is 5.13. The van der Waals surface area contributed by atoms with Gasteiger partial charge in [0.05, 0.1) is 6.61 Å². The van der Waals surface area contributed by atoms with Crippen molar-refractivity contribution in [1.82, 2.24) is 0 Å². The van der Waals surface area contributed by atoms with Gasteiger partial charge in [0.25, 0.3) is 0 Å². The van der Waals surface area contributed by atoms with Gasteiger partial charge in [0.15, 0.2) is 0 Å². The second-order valence-electron chi connectivity index (χ2n) is 8.02. The molecular weight excluding hydrogens is 352 g/mol. The summed E-state index contributed by atoms with van der Waals surface area (Å²) in [5.41, 5.74) is 0. The Balaban J connectivity index is 3.51. The zero-order valence-electron chi connectivity index (χ0n) is 18.9. The Kier molecular flexibility index (Phi) is 19.9. The molecule has 0 spiro atoms. The molecule has 0 N–H and O–H groups in total. The van der Waals surface area contributed by atoms with Gasteiger partial charge in [-0.1, -0.05) is 78.1 Å². The molecule has 0 aromatic rings. The lowest BCUT2D eigenvalue weighted by molar-refractivity contribution is -0.147. The average Bonchev–Trinajstić information content (AvgIpc) is 2.66. The Bertz CT molecular complexity index is 368. The van der Waals surface area contributed by atoms with Crippen molar-refractivity contribution in [1.29, 1.82) is 0 Å². The van der Waals surface area contributed by atoms with E-state index >= 15 is 0 Å². The van der Waals surface area contributed by atoms with Crippen molar-refractivity contribution in [2.24, 2.45) is 0 Å². The van der Waals surface area contributed by atoms with Crippen LogP contribution < -0.4 is 0 Å². The van der Waals surface area contributed by atoms with Gasteiger partial charge in [-0.15, -0.1) is 0 Å². The van der Waals surface area contributed by atoms with Crippen molar-refractivity contribution in [3.63, 3.8) is 0 Å². The zero-order chi connectivity index (χ0) is 20.9. The first-order valence-electron chi connectivity index (χ1n) is 11.9. The molecule has 0 aliphatic carbocycles. The average molecular weight is 399 g/mol.